The van der Waals surface area contributed by atoms with Crippen LogP contribution >= 0.6 is 0 Å². The lowest BCUT2D eigenvalue weighted by Crippen LogP contribution is -2.48. The lowest BCUT2D eigenvalue weighted by atomic mass is 9.78. The van der Waals surface area contributed by atoms with Gasteiger partial charge in [0.15, 0.2) is 0 Å². The first kappa shape index (κ1) is 17.2. The van der Waals surface area contributed by atoms with Crippen molar-refractivity contribution < 1.29 is 9.18 Å². The van der Waals surface area contributed by atoms with Crippen LogP contribution in [0, 0.1) is 11.8 Å². The van der Waals surface area contributed by atoms with Crippen molar-refractivity contribution in [1.29, 1.82) is 0 Å². The molecule has 1 amide bonds. The van der Waals surface area contributed by atoms with Crippen molar-refractivity contribution in [2.45, 2.75) is 63.6 Å². The van der Waals surface area contributed by atoms with E-state index in [1.165, 1.54) is 0 Å². The average molecular weight is 332 g/mol. The summed E-state index contributed by atoms with van der Waals surface area (Å²) in [6.45, 7) is 4.39. The van der Waals surface area contributed by atoms with Crippen LogP contribution in [0.3, 0.4) is 0 Å². The molecular weight excluding hydrogens is 303 g/mol. The maximum Gasteiger partial charge on any atom is 0.245 e. The third-order valence-electron chi connectivity index (χ3n) is 5.61. The van der Waals surface area contributed by atoms with Gasteiger partial charge in [-0.05, 0) is 76.3 Å². The van der Waals surface area contributed by atoms with Crippen LogP contribution in [0.1, 0.15) is 52.4 Å². The average Bonchev–Trinajstić information content (AvgIpc) is 2.80. The zero-order valence-electron chi connectivity index (χ0n) is 14.8. The molecule has 3 rings (SSSR count). The van der Waals surface area contributed by atoms with Gasteiger partial charge in [0.05, 0.1) is 0 Å². The lowest BCUT2D eigenvalue weighted by molar-refractivity contribution is -0.124. The Bertz CT molecular complexity index is 574. The van der Waals surface area contributed by atoms with Crippen molar-refractivity contribution in [3.05, 3.63) is 30.3 Å². The minimum Gasteiger partial charge on any atom is -0.372 e. The number of hydrogen-bond donors (Lipinski definition) is 2. The number of para-hydroxylation sites is 1. The SMILES string of the molecule is CC(C)(Nc1ccccc1)C(=O)NCCC1C[C@@H]2CC[C@@](F)(C1)C2. The van der Waals surface area contributed by atoms with Crippen molar-refractivity contribution in [3.63, 3.8) is 0 Å². The molecule has 4 heteroatoms. The van der Waals surface area contributed by atoms with Gasteiger partial charge in [0.1, 0.15) is 11.2 Å². The first-order chi connectivity index (χ1) is 11.4. The summed E-state index contributed by atoms with van der Waals surface area (Å²) in [7, 11) is 0. The number of anilines is 1. The smallest absolute Gasteiger partial charge is 0.245 e. The Hall–Kier alpha value is -1.58. The summed E-state index contributed by atoms with van der Waals surface area (Å²) < 4.78 is 14.5. The molecule has 2 aliphatic carbocycles. The molecular formula is C20H29FN2O. The second-order valence-electron chi connectivity index (χ2n) is 8.23. The largest absolute Gasteiger partial charge is 0.372 e. The van der Waals surface area contributed by atoms with Crippen LogP contribution in [0.2, 0.25) is 0 Å². The number of carbonyl (C=O) groups excluding carboxylic acids is 1. The Labute approximate surface area is 144 Å². The molecule has 1 aromatic carbocycles. The molecule has 24 heavy (non-hydrogen) atoms. The van der Waals surface area contributed by atoms with Crippen molar-refractivity contribution in [2.24, 2.45) is 11.8 Å². The molecule has 1 unspecified atom stereocenters. The predicted molar refractivity (Wildman–Crippen MR) is 95.7 cm³/mol. The maximum absolute atomic E-state index is 14.5. The van der Waals surface area contributed by atoms with E-state index >= 15 is 0 Å². The third-order valence-corrected chi connectivity index (χ3v) is 5.61. The molecule has 2 saturated carbocycles. The number of hydrogen-bond acceptors (Lipinski definition) is 2. The van der Waals surface area contributed by atoms with Crippen LogP contribution in [0.25, 0.3) is 0 Å². The van der Waals surface area contributed by atoms with Gasteiger partial charge in [0.25, 0.3) is 0 Å². The topological polar surface area (TPSA) is 41.1 Å². The van der Waals surface area contributed by atoms with Gasteiger partial charge in [-0.3, -0.25) is 4.79 Å². The fourth-order valence-corrected chi connectivity index (χ4v) is 4.41. The van der Waals surface area contributed by atoms with Crippen molar-refractivity contribution in [1.82, 2.24) is 5.32 Å². The second-order valence-corrected chi connectivity index (χ2v) is 8.23. The van der Waals surface area contributed by atoms with Crippen molar-refractivity contribution in [3.8, 4) is 0 Å². The lowest BCUT2D eigenvalue weighted by Gasteiger charge is -2.32. The summed E-state index contributed by atoms with van der Waals surface area (Å²) in [6, 6.07) is 9.75. The van der Waals surface area contributed by atoms with Crippen molar-refractivity contribution in [2.75, 3.05) is 11.9 Å². The van der Waals surface area contributed by atoms with Crippen LogP contribution in [0.15, 0.2) is 30.3 Å². The number of fused-ring (bicyclic) bond motifs is 2. The molecule has 0 radical (unpaired) electrons. The van der Waals surface area contributed by atoms with Gasteiger partial charge in [-0.2, -0.15) is 0 Å². The first-order valence-corrected chi connectivity index (χ1v) is 9.17. The molecule has 0 saturated heterocycles. The van der Waals surface area contributed by atoms with E-state index in [4.69, 9.17) is 0 Å². The highest BCUT2D eigenvalue weighted by Gasteiger charge is 2.45. The summed E-state index contributed by atoms with van der Waals surface area (Å²) >= 11 is 0. The van der Waals surface area contributed by atoms with E-state index in [1.807, 2.05) is 44.2 Å². The molecule has 132 valence electrons. The summed E-state index contributed by atoms with van der Waals surface area (Å²) in [5.74, 6) is 0.975. The van der Waals surface area contributed by atoms with Crippen LogP contribution in [0.4, 0.5) is 10.1 Å². The summed E-state index contributed by atoms with van der Waals surface area (Å²) in [5.41, 5.74) is -0.652. The molecule has 0 heterocycles. The first-order valence-electron chi connectivity index (χ1n) is 9.17. The fraction of sp³-hybridized carbons (Fsp3) is 0.650. The number of rotatable bonds is 6. The molecule has 3 nitrogen and oxygen atoms in total. The summed E-state index contributed by atoms with van der Waals surface area (Å²) in [4.78, 5) is 12.5. The zero-order valence-corrected chi connectivity index (χ0v) is 14.8. The monoisotopic (exact) mass is 332 g/mol. The van der Waals surface area contributed by atoms with Crippen LogP contribution in [0.5, 0.6) is 0 Å². The van der Waals surface area contributed by atoms with Gasteiger partial charge in [0.2, 0.25) is 5.91 Å². The molecule has 0 aromatic heterocycles. The molecule has 2 N–H and O–H groups in total. The Morgan fingerprint density at radius 3 is 2.75 bits per heavy atom. The minimum absolute atomic E-state index is 0.0138. The third kappa shape index (κ3) is 4.08. The molecule has 1 aromatic rings. The van der Waals surface area contributed by atoms with Gasteiger partial charge < -0.3 is 10.6 Å². The number of amides is 1. The van der Waals surface area contributed by atoms with Crippen LogP contribution in [-0.2, 0) is 4.79 Å². The number of benzene rings is 1. The standard InChI is InChI=1S/C20H29FN2O/c1-19(2,23-17-6-4-3-5-7-17)18(24)22-11-9-16-12-15-8-10-20(21,13-15)14-16/h3-7,15-16,23H,8-14H2,1-2H3,(H,22,24)/t15-,16?,20-/m0/s1. The molecule has 2 fully saturated rings. The number of carbonyl (C=O) groups is 1. The molecule has 3 atom stereocenters. The van der Waals surface area contributed by atoms with Gasteiger partial charge in [-0.1, -0.05) is 18.2 Å². The fourth-order valence-electron chi connectivity index (χ4n) is 4.41. The van der Waals surface area contributed by atoms with Gasteiger partial charge in [-0.15, -0.1) is 0 Å². The minimum atomic E-state index is -0.911. The highest BCUT2D eigenvalue weighted by molar-refractivity contribution is 5.88. The van der Waals surface area contributed by atoms with E-state index in [-0.39, 0.29) is 5.91 Å². The number of alkyl halides is 1. The van der Waals surface area contributed by atoms with E-state index in [0.29, 0.717) is 24.8 Å². The predicted octanol–water partition coefficient (Wildman–Crippen LogP) is 4.30. The Kier molecular flexibility index (Phi) is 4.84. The Morgan fingerprint density at radius 2 is 2.04 bits per heavy atom. The Morgan fingerprint density at radius 1 is 1.29 bits per heavy atom. The normalized spacial score (nSPS) is 29.3. The molecule has 0 aliphatic heterocycles. The van der Waals surface area contributed by atoms with E-state index in [2.05, 4.69) is 10.6 Å². The van der Waals surface area contributed by atoms with E-state index in [9.17, 15) is 9.18 Å². The molecule has 2 bridgehead atoms. The van der Waals surface area contributed by atoms with Gasteiger partial charge >= 0.3 is 0 Å². The van der Waals surface area contributed by atoms with Gasteiger partial charge in [0, 0.05) is 12.2 Å². The summed E-state index contributed by atoms with van der Waals surface area (Å²) in [5, 5.41) is 6.29. The number of nitrogens with one attached hydrogen (secondary N) is 2. The summed E-state index contributed by atoms with van der Waals surface area (Å²) in [6.07, 6.45) is 5.26. The maximum atomic E-state index is 14.5. The van der Waals surface area contributed by atoms with E-state index < -0.39 is 11.2 Å². The quantitative estimate of drug-likeness (QED) is 0.815. The molecule has 2 aliphatic rings. The van der Waals surface area contributed by atoms with Crippen molar-refractivity contribution >= 4 is 11.6 Å². The second kappa shape index (κ2) is 6.73. The highest BCUT2D eigenvalue weighted by atomic mass is 19.1. The zero-order chi connectivity index (χ0) is 17.2. The Balaban J connectivity index is 1.45. The van der Waals surface area contributed by atoms with Gasteiger partial charge in [-0.25, -0.2) is 4.39 Å². The van der Waals surface area contributed by atoms with Crippen LogP contribution in [-0.4, -0.2) is 23.7 Å². The van der Waals surface area contributed by atoms with Crippen LogP contribution < -0.4 is 10.6 Å². The highest BCUT2D eigenvalue weighted by Crippen LogP contribution is 2.50. The van der Waals surface area contributed by atoms with E-state index in [1.54, 1.807) is 0 Å². The molecule has 0 spiro atoms. The number of halogens is 1. The van der Waals surface area contributed by atoms with E-state index in [0.717, 1.165) is 37.8 Å².